The average molecular weight is 1070 g/mol. The summed E-state index contributed by atoms with van der Waals surface area (Å²) in [6.07, 6.45) is 5.76. The van der Waals surface area contributed by atoms with Crippen molar-refractivity contribution in [2.24, 2.45) is 5.41 Å². The van der Waals surface area contributed by atoms with Crippen molar-refractivity contribution in [1.29, 1.82) is 0 Å². The summed E-state index contributed by atoms with van der Waals surface area (Å²) in [7, 11) is 0. The minimum atomic E-state index is -0.0404. The van der Waals surface area contributed by atoms with Crippen LogP contribution in [-0.4, -0.2) is 14.1 Å². The molecule has 6 heteroatoms. The van der Waals surface area contributed by atoms with Crippen LogP contribution in [0.3, 0.4) is 0 Å². The fourth-order valence-corrected chi connectivity index (χ4v) is 9.16. The number of pyridine rings is 1. The third-order valence-electron chi connectivity index (χ3n) is 13.5. The van der Waals surface area contributed by atoms with E-state index in [2.05, 4.69) is 241 Å². The second-order valence-corrected chi connectivity index (χ2v) is 21.1. The SMILES string of the molecule is CC(c1ccnc(-n2c3[c-]c(Oc4[c-]c(-n5[c-][n+](-c6c(-c7ccccc7)cccc6-c6cc(C(C)(C)C)cc(C(C)(C)C)c6)c6ccccc65)ccc4)ccc3c3ccccc32)c1)C(C)(C)C.[Pt]. The van der Waals surface area contributed by atoms with Gasteiger partial charge in [-0.1, -0.05) is 184 Å². The van der Waals surface area contributed by atoms with Gasteiger partial charge in [0.15, 0.2) is 0 Å². The van der Waals surface area contributed by atoms with Gasteiger partial charge in [-0.15, -0.1) is 29.7 Å². The summed E-state index contributed by atoms with van der Waals surface area (Å²) in [6.45, 7) is 22.9. The molecule has 0 saturated heterocycles. The first-order chi connectivity index (χ1) is 32.0. The molecule has 3 heterocycles. The molecule has 0 saturated carbocycles. The van der Waals surface area contributed by atoms with Crippen molar-refractivity contribution in [2.45, 2.75) is 86.0 Å². The summed E-state index contributed by atoms with van der Waals surface area (Å²) in [5, 5.41) is 2.23. The summed E-state index contributed by atoms with van der Waals surface area (Å²) in [5.74, 6) is 2.37. The Morgan fingerprint density at radius 3 is 1.91 bits per heavy atom. The van der Waals surface area contributed by atoms with Gasteiger partial charge in [-0.2, -0.15) is 18.2 Å². The van der Waals surface area contributed by atoms with E-state index in [0.29, 0.717) is 17.4 Å². The second-order valence-electron chi connectivity index (χ2n) is 21.1. The zero-order valence-electron chi connectivity index (χ0n) is 40.7. The number of hydrogen-bond acceptors (Lipinski definition) is 2. The topological polar surface area (TPSA) is 35.9 Å². The van der Waals surface area contributed by atoms with Gasteiger partial charge < -0.3 is 13.9 Å². The van der Waals surface area contributed by atoms with Gasteiger partial charge >= 0.3 is 0 Å². The number of aromatic nitrogens is 4. The van der Waals surface area contributed by atoms with Gasteiger partial charge in [0.1, 0.15) is 5.82 Å². The number of benzene rings is 7. The smallest absolute Gasteiger partial charge is 0.268 e. The van der Waals surface area contributed by atoms with E-state index in [4.69, 9.17) is 9.72 Å². The third-order valence-corrected chi connectivity index (χ3v) is 13.5. The molecule has 0 spiro atoms. The monoisotopic (exact) mass is 1070 g/mol. The third kappa shape index (κ3) is 8.74. The Morgan fingerprint density at radius 1 is 0.574 bits per heavy atom. The summed E-state index contributed by atoms with van der Waals surface area (Å²) in [5.41, 5.74) is 14.3. The molecular formula is C62H58N4OPt-2. The Balaban J connectivity index is 0.00000578. The van der Waals surface area contributed by atoms with Gasteiger partial charge in [-0.05, 0) is 90.4 Å². The van der Waals surface area contributed by atoms with Gasteiger partial charge in [0.05, 0.1) is 16.7 Å². The largest absolute Gasteiger partial charge is 0.510 e. The zero-order valence-corrected chi connectivity index (χ0v) is 43.0. The first-order valence-corrected chi connectivity index (χ1v) is 23.5. The maximum atomic E-state index is 6.70. The number of hydrogen-bond donors (Lipinski definition) is 0. The molecule has 10 aromatic rings. The van der Waals surface area contributed by atoms with Crippen molar-refractivity contribution >= 4 is 32.8 Å². The Kier molecular flexibility index (Phi) is 12.2. The predicted molar refractivity (Wildman–Crippen MR) is 276 cm³/mol. The minimum absolute atomic E-state index is 0. The van der Waals surface area contributed by atoms with E-state index in [1.807, 2.05) is 24.4 Å². The normalized spacial score (nSPS) is 12.7. The zero-order chi connectivity index (χ0) is 46.8. The summed E-state index contributed by atoms with van der Waals surface area (Å²) >= 11 is 0. The van der Waals surface area contributed by atoms with Crippen LogP contribution in [0.5, 0.6) is 11.5 Å². The van der Waals surface area contributed by atoms with Crippen LogP contribution >= 0.6 is 0 Å². The molecule has 5 nitrogen and oxygen atoms in total. The van der Waals surface area contributed by atoms with Gasteiger partial charge in [-0.3, -0.25) is 4.57 Å². The molecule has 7 aromatic carbocycles. The molecule has 0 amide bonds. The van der Waals surface area contributed by atoms with Gasteiger partial charge in [0, 0.05) is 44.3 Å². The van der Waals surface area contributed by atoms with Crippen LogP contribution < -0.4 is 9.30 Å². The number of nitrogens with zero attached hydrogens (tertiary/aromatic N) is 4. The van der Waals surface area contributed by atoms with Gasteiger partial charge in [0.2, 0.25) is 0 Å². The van der Waals surface area contributed by atoms with Crippen molar-refractivity contribution in [3.05, 3.63) is 199 Å². The van der Waals surface area contributed by atoms with E-state index in [0.717, 1.165) is 66.7 Å². The Labute approximate surface area is 416 Å². The quantitative estimate of drug-likeness (QED) is 0.112. The molecule has 10 rings (SSSR count). The minimum Gasteiger partial charge on any atom is -0.510 e. The van der Waals surface area contributed by atoms with Crippen LogP contribution in [0.4, 0.5) is 0 Å². The van der Waals surface area contributed by atoms with Crippen molar-refractivity contribution in [1.82, 2.24) is 14.1 Å². The molecule has 1 unspecified atom stereocenters. The van der Waals surface area contributed by atoms with E-state index in [-0.39, 0.29) is 37.3 Å². The first kappa shape index (κ1) is 46.6. The summed E-state index contributed by atoms with van der Waals surface area (Å²) in [6, 6.07) is 63.3. The maximum absolute atomic E-state index is 6.70. The second kappa shape index (κ2) is 17.8. The van der Waals surface area contributed by atoms with E-state index in [1.54, 1.807) is 0 Å². The fraction of sp³-hybridized carbons (Fsp3) is 0.226. The number of imidazole rings is 1. The van der Waals surface area contributed by atoms with Crippen LogP contribution in [0.1, 0.15) is 91.8 Å². The van der Waals surface area contributed by atoms with Gasteiger partial charge in [-0.25, -0.2) is 4.98 Å². The molecule has 3 aromatic heterocycles. The molecule has 0 radical (unpaired) electrons. The van der Waals surface area contributed by atoms with Crippen LogP contribution in [0.2, 0.25) is 0 Å². The number of fused-ring (bicyclic) bond motifs is 4. The fourth-order valence-electron chi connectivity index (χ4n) is 9.16. The Bertz CT molecular complexity index is 3440. The molecule has 68 heavy (non-hydrogen) atoms. The number of rotatable bonds is 8. The van der Waals surface area contributed by atoms with Crippen molar-refractivity contribution < 1.29 is 30.4 Å². The standard InChI is InChI=1S/C62H58N4O.Pt/c1-41(60(2,3)4)43-32-33-63-58(36-43)66-54-27-15-14-24-52(54)53-31-30-49(39-57(53)66)67-48-23-18-22-47(38-48)64-40-65(56-29-17-16-28-55(56)64)59-50(42-20-12-11-13-21-42)25-19-26-51(59)44-34-45(61(5,6)7)37-46(35-44)62(8,9)10;/h11-37,41H,1-10H3;/q-2;. The maximum Gasteiger partial charge on any atom is 0.268 e. The van der Waals surface area contributed by atoms with Crippen molar-refractivity contribution in [3.63, 3.8) is 0 Å². The van der Waals surface area contributed by atoms with E-state index >= 15 is 0 Å². The Morgan fingerprint density at radius 2 is 1.21 bits per heavy atom. The van der Waals surface area contributed by atoms with Crippen molar-refractivity contribution in [2.75, 3.05) is 0 Å². The van der Waals surface area contributed by atoms with Crippen molar-refractivity contribution in [3.8, 4) is 50.9 Å². The molecule has 344 valence electrons. The molecule has 0 aliphatic heterocycles. The van der Waals surface area contributed by atoms with Crippen LogP contribution in [0, 0.1) is 23.9 Å². The molecule has 0 bridgehead atoms. The van der Waals surface area contributed by atoms with E-state index in [1.165, 1.54) is 22.3 Å². The molecule has 0 N–H and O–H groups in total. The number of ether oxygens (including phenoxy) is 1. The molecule has 0 aliphatic rings. The van der Waals surface area contributed by atoms with E-state index < -0.39 is 0 Å². The predicted octanol–water partition coefficient (Wildman–Crippen LogP) is 15.7. The van der Waals surface area contributed by atoms with E-state index in [9.17, 15) is 0 Å². The molecular weight excluding hydrogens is 1010 g/mol. The molecule has 1 atom stereocenters. The molecule has 0 fully saturated rings. The first-order valence-electron chi connectivity index (χ1n) is 23.5. The molecule has 0 aliphatic carbocycles. The summed E-state index contributed by atoms with van der Waals surface area (Å²) < 4.78 is 13.2. The van der Waals surface area contributed by atoms with Crippen LogP contribution in [0.25, 0.3) is 72.3 Å². The van der Waals surface area contributed by atoms with Crippen LogP contribution in [-0.2, 0) is 31.9 Å². The van der Waals surface area contributed by atoms with Crippen LogP contribution in [0.15, 0.2) is 164 Å². The number of para-hydroxylation sites is 4. The Hall–Kier alpha value is -6.55. The average Bonchev–Trinajstić information content (AvgIpc) is 3.86. The summed E-state index contributed by atoms with van der Waals surface area (Å²) in [4.78, 5) is 4.91. The van der Waals surface area contributed by atoms with Gasteiger partial charge in [0.25, 0.3) is 6.33 Å².